The summed E-state index contributed by atoms with van der Waals surface area (Å²) < 4.78 is 13.6. The lowest BCUT2D eigenvalue weighted by Crippen LogP contribution is -2.22. The number of carbonyl (C=O) groups is 1. The standard InChI is InChI=1S/C20H20BrN3O3/c21-17-6-4-5-16(13-17)14-24-19(9-10-22-24)23-20(25)15-26-11-12-27-18-7-2-1-3-8-18/h1-10,13H,11-12,14-15H2,(H,23,25). The van der Waals surface area contributed by atoms with Crippen LogP contribution in [0, 0.1) is 0 Å². The Bertz CT molecular complexity index is 868. The molecule has 0 saturated carbocycles. The van der Waals surface area contributed by atoms with Gasteiger partial charge < -0.3 is 14.8 Å². The van der Waals surface area contributed by atoms with E-state index in [1.165, 1.54) is 0 Å². The van der Waals surface area contributed by atoms with Gasteiger partial charge in [0.05, 0.1) is 19.3 Å². The molecule has 0 atom stereocenters. The number of nitrogens with zero attached hydrogens (tertiary/aromatic N) is 2. The van der Waals surface area contributed by atoms with Crippen molar-refractivity contribution in [2.45, 2.75) is 6.54 Å². The van der Waals surface area contributed by atoms with Crippen LogP contribution in [0.3, 0.4) is 0 Å². The number of benzene rings is 2. The van der Waals surface area contributed by atoms with E-state index in [9.17, 15) is 4.79 Å². The lowest BCUT2D eigenvalue weighted by molar-refractivity contribution is -0.120. The molecule has 1 N–H and O–H groups in total. The molecule has 0 unspecified atom stereocenters. The molecule has 6 nitrogen and oxygen atoms in total. The molecule has 7 heteroatoms. The average molecular weight is 430 g/mol. The summed E-state index contributed by atoms with van der Waals surface area (Å²) in [4.78, 5) is 12.1. The van der Waals surface area contributed by atoms with Gasteiger partial charge in [-0.2, -0.15) is 5.10 Å². The highest BCUT2D eigenvalue weighted by atomic mass is 79.9. The van der Waals surface area contributed by atoms with Crippen molar-refractivity contribution in [2.75, 3.05) is 25.1 Å². The lowest BCUT2D eigenvalue weighted by Gasteiger charge is -2.10. The van der Waals surface area contributed by atoms with Gasteiger partial charge in [0.25, 0.3) is 5.91 Å². The summed E-state index contributed by atoms with van der Waals surface area (Å²) >= 11 is 3.45. The monoisotopic (exact) mass is 429 g/mol. The van der Waals surface area contributed by atoms with Crippen molar-refractivity contribution in [2.24, 2.45) is 0 Å². The number of anilines is 1. The Kier molecular flexibility index (Phi) is 7.01. The van der Waals surface area contributed by atoms with Crippen LogP contribution in [-0.2, 0) is 16.1 Å². The molecule has 1 aromatic heterocycles. The molecule has 3 rings (SSSR count). The Labute approximate surface area is 166 Å². The van der Waals surface area contributed by atoms with E-state index in [0.29, 0.717) is 25.6 Å². The first-order chi connectivity index (χ1) is 13.2. The van der Waals surface area contributed by atoms with Crippen molar-refractivity contribution in [1.29, 1.82) is 0 Å². The van der Waals surface area contributed by atoms with E-state index in [1.54, 1.807) is 16.9 Å². The molecule has 140 valence electrons. The summed E-state index contributed by atoms with van der Waals surface area (Å²) in [6.45, 7) is 1.24. The molecule has 27 heavy (non-hydrogen) atoms. The largest absolute Gasteiger partial charge is 0.491 e. The van der Waals surface area contributed by atoms with Crippen molar-refractivity contribution in [3.63, 3.8) is 0 Å². The molecular weight excluding hydrogens is 410 g/mol. The van der Waals surface area contributed by atoms with Crippen LogP contribution < -0.4 is 10.1 Å². The van der Waals surface area contributed by atoms with Gasteiger partial charge in [-0.15, -0.1) is 0 Å². The highest BCUT2D eigenvalue weighted by molar-refractivity contribution is 9.10. The lowest BCUT2D eigenvalue weighted by atomic mass is 10.2. The van der Waals surface area contributed by atoms with E-state index in [2.05, 4.69) is 26.3 Å². The van der Waals surface area contributed by atoms with Gasteiger partial charge in [-0.25, -0.2) is 4.68 Å². The molecule has 3 aromatic rings. The van der Waals surface area contributed by atoms with Crippen LogP contribution in [0.1, 0.15) is 5.56 Å². The van der Waals surface area contributed by atoms with Crippen molar-refractivity contribution in [3.05, 3.63) is 76.9 Å². The first-order valence-corrected chi connectivity index (χ1v) is 9.32. The zero-order chi connectivity index (χ0) is 18.9. The van der Waals surface area contributed by atoms with E-state index in [-0.39, 0.29) is 12.5 Å². The number of ether oxygens (including phenoxy) is 2. The van der Waals surface area contributed by atoms with Gasteiger partial charge in [0, 0.05) is 10.5 Å². The van der Waals surface area contributed by atoms with Gasteiger partial charge in [-0.05, 0) is 29.8 Å². The molecular formula is C20H20BrN3O3. The molecule has 2 aromatic carbocycles. The van der Waals surface area contributed by atoms with Gasteiger partial charge >= 0.3 is 0 Å². The highest BCUT2D eigenvalue weighted by Gasteiger charge is 2.08. The second-order valence-corrected chi connectivity index (χ2v) is 6.68. The Morgan fingerprint density at radius 2 is 1.93 bits per heavy atom. The van der Waals surface area contributed by atoms with Crippen molar-refractivity contribution in [3.8, 4) is 5.75 Å². The number of hydrogen-bond acceptors (Lipinski definition) is 4. The highest BCUT2D eigenvalue weighted by Crippen LogP contribution is 2.15. The summed E-state index contributed by atoms with van der Waals surface area (Å²) in [5.41, 5.74) is 1.08. The minimum Gasteiger partial charge on any atom is -0.491 e. The fourth-order valence-corrected chi connectivity index (χ4v) is 2.90. The van der Waals surface area contributed by atoms with Crippen LogP contribution >= 0.6 is 15.9 Å². The van der Waals surface area contributed by atoms with E-state index >= 15 is 0 Å². The van der Waals surface area contributed by atoms with Gasteiger partial charge in [-0.3, -0.25) is 4.79 Å². The third-order valence-electron chi connectivity index (χ3n) is 3.68. The summed E-state index contributed by atoms with van der Waals surface area (Å²) in [6.07, 6.45) is 1.65. The predicted molar refractivity (Wildman–Crippen MR) is 107 cm³/mol. The van der Waals surface area contributed by atoms with Crippen LogP contribution in [0.4, 0.5) is 5.82 Å². The number of para-hydroxylation sites is 1. The minimum atomic E-state index is -0.231. The number of amides is 1. The average Bonchev–Trinajstić information content (AvgIpc) is 3.09. The van der Waals surface area contributed by atoms with Crippen LogP contribution in [0.2, 0.25) is 0 Å². The Morgan fingerprint density at radius 1 is 1.07 bits per heavy atom. The Morgan fingerprint density at radius 3 is 2.74 bits per heavy atom. The topological polar surface area (TPSA) is 65.4 Å². The first kappa shape index (κ1) is 19.1. The summed E-state index contributed by atoms with van der Waals surface area (Å²) in [5.74, 6) is 1.18. The number of aromatic nitrogens is 2. The number of rotatable bonds is 9. The quantitative estimate of drug-likeness (QED) is 0.526. The van der Waals surface area contributed by atoms with Gasteiger partial charge in [0.1, 0.15) is 24.8 Å². The fraction of sp³-hybridized carbons (Fsp3) is 0.200. The Hall–Kier alpha value is -2.64. The normalized spacial score (nSPS) is 10.6. The second kappa shape index (κ2) is 9.89. The third-order valence-corrected chi connectivity index (χ3v) is 4.17. The smallest absolute Gasteiger partial charge is 0.251 e. The Balaban J connectivity index is 1.41. The van der Waals surface area contributed by atoms with E-state index < -0.39 is 0 Å². The van der Waals surface area contributed by atoms with Gasteiger partial charge in [0.15, 0.2) is 0 Å². The number of carbonyl (C=O) groups excluding carboxylic acids is 1. The summed E-state index contributed by atoms with van der Waals surface area (Å²) in [7, 11) is 0. The fourth-order valence-electron chi connectivity index (χ4n) is 2.45. The minimum absolute atomic E-state index is 0.0415. The van der Waals surface area contributed by atoms with Crippen molar-refractivity contribution in [1.82, 2.24) is 9.78 Å². The number of hydrogen-bond donors (Lipinski definition) is 1. The third kappa shape index (κ3) is 6.23. The molecule has 0 aliphatic rings. The van der Waals surface area contributed by atoms with Crippen molar-refractivity contribution < 1.29 is 14.3 Å². The van der Waals surface area contributed by atoms with E-state index in [1.807, 2.05) is 54.6 Å². The molecule has 0 bridgehead atoms. The van der Waals surface area contributed by atoms with Crippen LogP contribution in [0.25, 0.3) is 0 Å². The van der Waals surface area contributed by atoms with Gasteiger partial charge in [0.2, 0.25) is 0 Å². The maximum absolute atomic E-state index is 12.1. The summed E-state index contributed by atoms with van der Waals surface area (Å²) in [6, 6.07) is 19.2. The number of nitrogens with one attached hydrogen (secondary N) is 1. The molecule has 0 aliphatic heterocycles. The van der Waals surface area contributed by atoms with Crippen LogP contribution in [0.5, 0.6) is 5.75 Å². The van der Waals surface area contributed by atoms with E-state index in [4.69, 9.17) is 9.47 Å². The molecule has 0 radical (unpaired) electrons. The SMILES string of the molecule is O=C(COCCOc1ccccc1)Nc1ccnn1Cc1cccc(Br)c1. The first-order valence-electron chi connectivity index (χ1n) is 8.52. The molecule has 1 amide bonds. The van der Waals surface area contributed by atoms with E-state index in [0.717, 1.165) is 15.8 Å². The molecule has 0 spiro atoms. The van der Waals surface area contributed by atoms with Crippen LogP contribution in [-0.4, -0.2) is 35.5 Å². The summed E-state index contributed by atoms with van der Waals surface area (Å²) in [5, 5.41) is 7.08. The second-order valence-electron chi connectivity index (χ2n) is 5.77. The molecule has 0 saturated heterocycles. The predicted octanol–water partition coefficient (Wildman–Crippen LogP) is 3.73. The van der Waals surface area contributed by atoms with Crippen LogP contribution in [0.15, 0.2) is 71.3 Å². The van der Waals surface area contributed by atoms with Gasteiger partial charge in [-0.1, -0.05) is 46.3 Å². The molecule has 0 aliphatic carbocycles. The molecule has 0 fully saturated rings. The zero-order valence-corrected chi connectivity index (χ0v) is 16.3. The zero-order valence-electron chi connectivity index (χ0n) is 14.7. The maximum atomic E-state index is 12.1. The van der Waals surface area contributed by atoms with Crippen molar-refractivity contribution >= 4 is 27.7 Å². The number of halogens is 1. The maximum Gasteiger partial charge on any atom is 0.251 e. The molecule has 1 heterocycles.